The molecule has 1 aromatic carbocycles. The Balaban J connectivity index is 1.68. The highest BCUT2D eigenvalue weighted by Gasteiger charge is 2.39. The van der Waals surface area contributed by atoms with E-state index in [0.29, 0.717) is 17.3 Å². The van der Waals surface area contributed by atoms with Crippen LogP contribution < -0.4 is 10.9 Å². The summed E-state index contributed by atoms with van der Waals surface area (Å²) in [4.78, 5) is 38.6. The first-order valence-corrected chi connectivity index (χ1v) is 9.80. The third-order valence-corrected chi connectivity index (χ3v) is 6.15. The number of benzene rings is 1. The number of pyridine rings is 1. The van der Waals surface area contributed by atoms with Gasteiger partial charge in [0.15, 0.2) is 16.4 Å². The zero-order valence-corrected chi connectivity index (χ0v) is 14.9. The summed E-state index contributed by atoms with van der Waals surface area (Å²) in [5.41, 5.74) is -0.769. The number of fused-ring (bicyclic) bond motifs is 1. The lowest BCUT2D eigenvalue weighted by molar-refractivity contribution is -0.125. The van der Waals surface area contributed by atoms with E-state index in [1.165, 1.54) is 0 Å². The van der Waals surface area contributed by atoms with Crippen molar-refractivity contribution >= 4 is 32.6 Å². The van der Waals surface area contributed by atoms with Crippen LogP contribution in [0.1, 0.15) is 23.7 Å². The van der Waals surface area contributed by atoms with Crippen LogP contribution >= 0.6 is 0 Å². The Labute approximate surface area is 149 Å². The molecule has 1 amide bonds. The predicted molar refractivity (Wildman–Crippen MR) is 94.7 cm³/mol. The molecular weight excluding hydrogens is 360 g/mol. The van der Waals surface area contributed by atoms with Crippen molar-refractivity contribution in [1.29, 1.82) is 0 Å². The zero-order valence-electron chi connectivity index (χ0n) is 14.1. The first-order chi connectivity index (χ1) is 12.2. The molecule has 0 radical (unpaired) electrons. The van der Waals surface area contributed by atoms with E-state index in [4.69, 9.17) is 4.74 Å². The molecule has 0 aliphatic carbocycles. The fourth-order valence-electron chi connectivity index (χ4n) is 3.06. The van der Waals surface area contributed by atoms with Crippen LogP contribution in [0.25, 0.3) is 10.9 Å². The molecule has 1 saturated heterocycles. The van der Waals surface area contributed by atoms with E-state index >= 15 is 0 Å². The molecule has 0 spiro atoms. The number of para-hydroxylation sites is 1. The number of sulfone groups is 1. The Morgan fingerprint density at radius 2 is 2.04 bits per heavy atom. The number of H-pyrrole nitrogens is 1. The van der Waals surface area contributed by atoms with Crippen LogP contribution in [0, 0.1) is 0 Å². The minimum Gasteiger partial charge on any atom is -0.452 e. The van der Waals surface area contributed by atoms with Crippen molar-refractivity contribution in [1.82, 2.24) is 10.3 Å². The van der Waals surface area contributed by atoms with Gasteiger partial charge in [-0.25, -0.2) is 13.2 Å². The summed E-state index contributed by atoms with van der Waals surface area (Å²) in [7, 11) is -3.16. The van der Waals surface area contributed by atoms with Crippen LogP contribution in [0.4, 0.5) is 0 Å². The molecule has 2 heterocycles. The molecule has 3 rings (SSSR count). The molecule has 2 aromatic rings. The van der Waals surface area contributed by atoms with Gasteiger partial charge in [0.25, 0.3) is 5.91 Å². The molecule has 1 unspecified atom stereocenters. The molecule has 1 aliphatic rings. The van der Waals surface area contributed by atoms with Crippen LogP contribution in [0.2, 0.25) is 0 Å². The second-order valence-electron chi connectivity index (χ2n) is 6.62. The molecule has 1 aromatic heterocycles. The number of nitrogens with one attached hydrogen (secondary N) is 2. The smallest absolute Gasteiger partial charge is 0.339 e. The molecular formula is C17H18N2O6S. The van der Waals surface area contributed by atoms with Crippen LogP contribution in [0.5, 0.6) is 0 Å². The van der Waals surface area contributed by atoms with E-state index in [2.05, 4.69) is 10.3 Å². The van der Waals surface area contributed by atoms with Gasteiger partial charge in [-0.05, 0) is 19.4 Å². The number of aromatic nitrogens is 1. The van der Waals surface area contributed by atoms with Gasteiger partial charge in [-0.2, -0.15) is 0 Å². The Morgan fingerprint density at radius 1 is 1.31 bits per heavy atom. The van der Waals surface area contributed by atoms with Gasteiger partial charge in [-0.3, -0.25) is 9.59 Å². The normalized spacial score (nSPS) is 21.4. The van der Waals surface area contributed by atoms with Crippen molar-refractivity contribution in [2.45, 2.75) is 18.9 Å². The van der Waals surface area contributed by atoms with Crippen LogP contribution in [0.3, 0.4) is 0 Å². The van der Waals surface area contributed by atoms with Crippen molar-refractivity contribution in [2.24, 2.45) is 0 Å². The number of amides is 1. The van der Waals surface area contributed by atoms with E-state index in [9.17, 15) is 22.8 Å². The molecule has 1 atom stereocenters. The maximum atomic E-state index is 12.3. The van der Waals surface area contributed by atoms with Gasteiger partial charge in [0.1, 0.15) is 0 Å². The molecule has 9 heteroatoms. The van der Waals surface area contributed by atoms with Gasteiger partial charge in [-0.15, -0.1) is 0 Å². The molecule has 1 fully saturated rings. The molecule has 1 aliphatic heterocycles. The minimum atomic E-state index is -3.16. The van der Waals surface area contributed by atoms with Crippen molar-refractivity contribution < 1.29 is 22.7 Å². The van der Waals surface area contributed by atoms with E-state index in [0.717, 1.165) is 6.07 Å². The number of carbonyl (C=O) groups is 2. The molecule has 2 N–H and O–H groups in total. The summed E-state index contributed by atoms with van der Waals surface area (Å²) < 4.78 is 28.1. The summed E-state index contributed by atoms with van der Waals surface area (Å²) in [5.74, 6) is -1.51. The lowest BCUT2D eigenvalue weighted by Crippen LogP contribution is -2.48. The third kappa shape index (κ3) is 3.93. The lowest BCUT2D eigenvalue weighted by atomic mass is 10.0. The number of aromatic amines is 1. The van der Waals surface area contributed by atoms with E-state index in [1.54, 1.807) is 31.2 Å². The van der Waals surface area contributed by atoms with Crippen molar-refractivity contribution in [3.8, 4) is 0 Å². The monoisotopic (exact) mass is 378 g/mol. The third-order valence-electron chi connectivity index (χ3n) is 4.25. The van der Waals surface area contributed by atoms with E-state index < -0.39 is 39.4 Å². The lowest BCUT2D eigenvalue weighted by Gasteiger charge is -2.23. The van der Waals surface area contributed by atoms with Gasteiger partial charge in [0.2, 0.25) is 5.56 Å². The van der Waals surface area contributed by atoms with Crippen LogP contribution in [-0.2, 0) is 19.4 Å². The quantitative estimate of drug-likeness (QED) is 0.742. The second kappa shape index (κ2) is 6.56. The van der Waals surface area contributed by atoms with Crippen LogP contribution in [0.15, 0.2) is 35.1 Å². The van der Waals surface area contributed by atoms with E-state index in [1.807, 2.05) is 0 Å². The molecule has 26 heavy (non-hydrogen) atoms. The largest absolute Gasteiger partial charge is 0.452 e. The number of rotatable bonds is 4. The minimum absolute atomic E-state index is 0.0162. The molecule has 0 saturated carbocycles. The Kier molecular flexibility index (Phi) is 4.57. The number of hydrogen-bond donors (Lipinski definition) is 2. The highest BCUT2D eigenvalue weighted by molar-refractivity contribution is 7.91. The predicted octanol–water partition coefficient (Wildman–Crippen LogP) is 0.378. The van der Waals surface area contributed by atoms with Gasteiger partial charge in [-0.1, -0.05) is 18.2 Å². The van der Waals surface area contributed by atoms with Crippen molar-refractivity contribution in [3.05, 3.63) is 46.2 Å². The summed E-state index contributed by atoms with van der Waals surface area (Å²) >= 11 is 0. The molecule has 0 bridgehead atoms. The van der Waals surface area contributed by atoms with Crippen LogP contribution in [-0.4, -0.2) is 48.9 Å². The SMILES string of the molecule is CC1(NC(=O)COC(=O)c2cc(=O)[nH]c3ccccc23)CCS(=O)(=O)C1. The number of carbonyl (C=O) groups excluding carboxylic acids is 2. The number of esters is 1. The van der Waals surface area contributed by atoms with Crippen molar-refractivity contribution in [3.63, 3.8) is 0 Å². The van der Waals surface area contributed by atoms with E-state index in [-0.39, 0.29) is 17.1 Å². The summed E-state index contributed by atoms with van der Waals surface area (Å²) in [6.07, 6.45) is 0.313. The highest BCUT2D eigenvalue weighted by atomic mass is 32.2. The van der Waals surface area contributed by atoms with Gasteiger partial charge in [0, 0.05) is 17.0 Å². The average molecular weight is 378 g/mol. The second-order valence-corrected chi connectivity index (χ2v) is 8.80. The van der Waals surface area contributed by atoms with Gasteiger partial charge < -0.3 is 15.0 Å². The average Bonchev–Trinajstić information content (AvgIpc) is 2.84. The fraction of sp³-hybridized carbons (Fsp3) is 0.353. The van der Waals surface area contributed by atoms with Gasteiger partial charge >= 0.3 is 5.97 Å². The fourth-order valence-corrected chi connectivity index (χ4v) is 5.16. The maximum Gasteiger partial charge on any atom is 0.339 e. The number of hydrogen-bond acceptors (Lipinski definition) is 6. The maximum absolute atomic E-state index is 12.3. The molecule has 138 valence electrons. The first kappa shape index (κ1) is 18.1. The number of ether oxygens (including phenoxy) is 1. The Hall–Kier alpha value is -2.68. The van der Waals surface area contributed by atoms with Gasteiger partial charge in [0.05, 0.1) is 22.6 Å². The zero-order chi connectivity index (χ0) is 18.9. The Bertz CT molecular complexity index is 1040. The summed E-state index contributed by atoms with van der Waals surface area (Å²) in [6.45, 7) is 1.08. The highest BCUT2D eigenvalue weighted by Crippen LogP contribution is 2.22. The summed E-state index contributed by atoms with van der Waals surface area (Å²) in [6, 6.07) is 7.87. The first-order valence-electron chi connectivity index (χ1n) is 7.98. The Morgan fingerprint density at radius 3 is 2.73 bits per heavy atom. The standard InChI is InChI=1S/C17H18N2O6S/c1-17(6-7-26(23,24)10-17)19-15(21)9-25-16(22)12-8-14(20)18-13-5-3-2-4-11(12)13/h2-5,8H,6-7,9-10H2,1H3,(H,18,20)(H,19,21). The topological polar surface area (TPSA) is 122 Å². The summed E-state index contributed by atoms with van der Waals surface area (Å²) in [5, 5.41) is 3.11. The van der Waals surface area contributed by atoms with Crippen molar-refractivity contribution in [2.75, 3.05) is 18.1 Å². The molecule has 8 nitrogen and oxygen atoms in total.